The molecule has 2 saturated heterocycles. The lowest BCUT2D eigenvalue weighted by molar-refractivity contribution is -0.160. The monoisotopic (exact) mass is 186 g/mol. The van der Waals surface area contributed by atoms with Crippen molar-refractivity contribution in [3.8, 4) is 0 Å². The molecule has 0 bridgehead atoms. The van der Waals surface area contributed by atoms with E-state index in [2.05, 4.69) is 4.74 Å². The second-order valence-corrected chi connectivity index (χ2v) is 3.17. The van der Waals surface area contributed by atoms with E-state index in [1.54, 1.807) is 0 Å². The first-order valence-corrected chi connectivity index (χ1v) is 4.21. The minimum atomic E-state index is -0.506. The van der Waals surface area contributed by atoms with E-state index in [0.29, 0.717) is 13.2 Å². The van der Waals surface area contributed by atoms with Crippen molar-refractivity contribution >= 4 is 11.9 Å². The molecule has 5 heteroatoms. The minimum absolute atomic E-state index is 0.0301. The lowest BCUT2D eigenvalue weighted by Gasteiger charge is -1.98. The molecule has 72 valence electrons. The quantitative estimate of drug-likeness (QED) is 0.340. The summed E-state index contributed by atoms with van der Waals surface area (Å²) in [4.78, 5) is 21.9. The predicted molar refractivity (Wildman–Crippen MR) is 39.8 cm³/mol. The highest BCUT2D eigenvalue weighted by molar-refractivity contribution is 5.86. The van der Waals surface area contributed by atoms with Crippen molar-refractivity contribution in [1.29, 1.82) is 0 Å². The van der Waals surface area contributed by atoms with Gasteiger partial charge in [0.15, 0.2) is 0 Å². The molecular weight excluding hydrogens is 176 g/mol. The van der Waals surface area contributed by atoms with Crippen molar-refractivity contribution in [2.24, 2.45) is 0 Å². The lowest BCUT2D eigenvalue weighted by Crippen LogP contribution is -2.15. The molecule has 0 spiro atoms. The summed E-state index contributed by atoms with van der Waals surface area (Å²) in [6.07, 6.45) is 0.295. The van der Waals surface area contributed by atoms with E-state index >= 15 is 0 Å². The second kappa shape index (κ2) is 3.43. The van der Waals surface area contributed by atoms with Crippen LogP contribution in [0.25, 0.3) is 0 Å². The molecule has 0 radical (unpaired) electrons. The number of carbonyl (C=O) groups excluding carboxylic acids is 2. The normalized spacial score (nSPS) is 29.5. The third-order valence-corrected chi connectivity index (χ3v) is 1.82. The fraction of sp³-hybridized carbons (Fsp3) is 0.750. The number of hydrogen-bond donors (Lipinski definition) is 0. The topological polar surface area (TPSA) is 68.4 Å². The molecule has 2 heterocycles. The molecule has 2 aliphatic rings. The van der Waals surface area contributed by atoms with E-state index in [1.165, 1.54) is 0 Å². The first-order valence-electron chi connectivity index (χ1n) is 4.21. The Morgan fingerprint density at radius 2 is 1.46 bits per heavy atom. The van der Waals surface area contributed by atoms with Crippen molar-refractivity contribution in [3.63, 3.8) is 0 Å². The molecule has 13 heavy (non-hydrogen) atoms. The zero-order valence-corrected chi connectivity index (χ0v) is 7.02. The molecule has 0 N–H and O–H groups in total. The standard InChI is InChI=1S/C8H10O5/c9-7(1-5-3-11-5)13-8(10)2-6-4-12-6/h5-6H,1-4H2. The van der Waals surface area contributed by atoms with E-state index < -0.39 is 11.9 Å². The molecular formula is C8H10O5. The molecule has 5 nitrogen and oxygen atoms in total. The van der Waals surface area contributed by atoms with Crippen LogP contribution >= 0.6 is 0 Å². The first kappa shape index (κ1) is 8.65. The van der Waals surface area contributed by atoms with E-state index in [-0.39, 0.29) is 25.0 Å². The van der Waals surface area contributed by atoms with Crippen LogP contribution in [0.5, 0.6) is 0 Å². The summed E-state index contributed by atoms with van der Waals surface area (Å²) in [5.41, 5.74) is 0. The molecule has 2 atom stereocenters. The maximum atomic E-state index is 10.9. The minimum Gasteiger partial charge on any atom is -0.393 e. The maximum Gasteiger partial charge on any atom is 0.316 e. The van der Waals surface area contributed by atoms with Crippen LogP contribution in [0.4, 0.5) is 0 Å². The van der Waals surface area contributed by atoms with E-state index in [0.717, 1.165) is 0 Å². The Morgan fingerprint density at radius 3 is 1.77 bits per heavy atom. The van der Waals surface area contributed by atoms with Gasteiger partial charge in [-0.05, 0) is 0 Å². The summed E-state index contributed by atoms with van der Waals surface area (Å²) in [7, 11) is 0. The predicted octanol–water partition coefficient (Wildman–Crippen LogP) is -0.366. The van der Waals surface area contributed by atoms with Crippen LogP contribution in [0.15, 0.2) is 0 Å². The van der Waals surface area contributed by atoms with Crippen molar-refractivity contribution in [2.75, 3.05) is 13.2 Å². The molecule has 0 aromatic carbocycles. The van der Waals surface area contributed by atoms with Gasteiger partial charge in [-0.1, -0.05) is 0 Å². The Balaban J connectivity index is 1.62. The number of hydrogen-bond acceptors (Lipinski definition) is 5. The Kier molecular flexibility index (Phi) is 2.28. The van der Waals surface area contributed by atoms with Crippen molar-refractivity contribution < 1.29 is 23.8 Å². The summed E-state index contributed by atoms with van der Waals surface area (Å²) in [6, 6.07) is 0. The summed E-state index contributed by atoms with van der Waals surface area (Å²) < 4.78 is 14.1. The number of rotatable bonds is 4. The van der Waals surface area contributed by atoms with Crippen LogP contribution in [0.2, 0.25) is 0 Å². The Bertz CT molecular complexity index is 205. The van der Waals surface area contributed by atoms with Crippen molar-refractivity contribution in [3.05, 3.63) is 0 Å². The summed E-state index contributed by atoms with van der Waals surface area (Å²) in [5.74, 6) is -1.01. The third kappa shape index (κ3) is 3.12. The number of carbonyl (C=O) groups is 2. The highest BCUT2D eigenvalue weighted by atomic mass is 16.6. The van der Waals surface area contributed by atoms with Gasteiger partial charge in [0, 0.05) is 0 Å². The molecule has 2 fully saturated rings. The van der Waals surface area contributed by atoms with Crippen LogP contribution < -0.4 is 0 Å². The average molecular weight is 186 g/mol. The zero-order valence-electron chi connectivity index (χ0n) is 7.02. The zero-order chi connectivity index (χ0) is 9.26. The molecule has 2 rings (SSSR count). The van der Waals surface area contributed by atoms with Crippen LogP contribution in [0.3, 0.4) is 0 Å². The molecule has 0 aromatic rings. The summed E-state index contributed by atoms with van der Waals surface area (Å²) in [5, 5.41) is 0. The molecule has 0 saturated carbocycles. The van der Waals surface area contributed by atoms with Gasteiger partial charge in [-0.25, -0.2) is 0 Å². The van der Waals surface area contributed by atoms with Gasteiger partial charge in [-0.3, -0.25) is 9.59 Å². The smallest absolute Gasteiger partial charge is 0.316 e. The van der Waals surface area contributed by atoms with Gasteiger partial charge in [0.05, 0.1) is 38.3 Å². The van der Waals surface area contributed by atoms with Gasteiger partial charge in [-0.15, -0.1) is 0 Å². The highest BCUT2D eigenvalue weighted by Crippen LogP contribution is 2.16. The molecule has 2 unspecified atom stereocenters. The number of esters is 2. The van der Waals surface area contributed by atoms with Gasteiger partial charge < -0.3 is 14.2 Å². The highest BCUT2D eigenvalue weighted by Gasteiger charge is 2.30. The SMILES string of the molecule is O=C(CC1CO1)OC(=O)CC1CO1. The Hall–Kier alpha value is -0.940. The third-order valence-electron chi connectivity index (χ3n) is 1.82. The van der Waals surface area contributed by atoms with Gasteiger partial charge in [0.1, 0.15) is 0 Å². The fourth-order valence-electron chi connectivity index (χ4n) is 0.954. The Morgan fingerprint density at radius 1 is 1.08 bits per heavy atom. The van der Waals surface area contributed by atoms with Crippen molar-refractivity contribution in [2.45, 2.75) is 25.0 Å². The molecule has 0 aromatic heterocycles. The maximum absolute atomic E-state index is 10.9. The van der Waals surface area contributed by atoms with Gasteiger partial charge in [0.2, 0.25) is 0 Å². The van der Waals surface area contributed by atoms with Crippen molar-refractivity contribution in [1.82, 2.24) is 0 Å². The number of epoxide rings is 2. The molecule has 0 aliphatic carbocycles. The van der Waals surface area contributed by atoms with Crippen LogP contribution in [0.1, 0.15) is 12.8 Å². The summed E-state index contributed by atoms with van der Waals surface area (Å²) >= 11 is 0. The summed E-state index contributed by atoms with van der Waals surface area (Å²) in [6.45, 7) is 1.18. The second-order valence-electron chi connectivity index (χ2n) is 3.17. The first-order chi connectivity index (χ1) is 6.24. The van der Waals surface area contributed by atoms with Gasteiger partial charge in [-0.2, -0.15) is 0 Å². The van der Waals surface area contributed by atoms with Gasteiger partial charge >= 0.3 is 11.9 Å². The van der Waals surface area contributed by atoms with Crippen LogP contribution in [-0.2, 0) is 23.8 Å². The average Bonchev–Trinajstić information content (AvgIpc) is 2.81. The fourth-order valence-corrected chi connectivity index (χ4v) is 0.954. The molecule has 0 amide bonds. The van der Waals surface area contributed by atoms with Crippen LogP contribution in [-0.4, -0.2) is 37.4 Å². The molecule has 2 aliphatic heterocycles. The van der Waals surface area contributed by atoms with E-state index in [1.807, 2.05) is 0 Å². The van der Waals surface area contributed by atoms with E-state index in [4.69, 9.17) is 9.47 Å². The van der Waals surface area contributed by atoms with E-state index in [9.17, 15) is 9.59 Å². The Labute approximate surface area is 74.9 Å². The number of ether oxygens (including phenoxy) is 3. The largest absolute Gasteiger partial charge is 0.393 e. The lowest BCUT2D eigenvalue weighted by atomic mass is 10.3. The van der Waals surface area contributed by atoms with Gasteiger partial charge in [0.25, 0.3) is 0 Å². The van der Waals surface area contributed by atoms with Crippen LogP contribution in [0, 0.1) is 0 Å².